The molecule has 2 aromatic rings. The molecule has 1 aliphatic carbocycles. The standard InChI is InChI=1S/C25H26O2/c1-3-8-19-16-21(12-14-23(19)26)25(18-10-6-5-7-11-18)22-13-15-24(27)20(17-22)9-4-2/h5-7,10-17,26H,3-4,8-9H2,1-2H3/b25-22-. The lowest BCUT2D eigenvalue weighted by Crippen LogP contribution is -2.05. The molecule has 0 spiro atoms. The molecule has 1 N–H and O–H groups in total. The van der Waals surface area contributed by atoms with Gasteiger partial charge in [0, 0.05) is 5.57 Å². The van der Waals surface area contributed by atoms with Crippen molar-refractivity contribution in [2.24, 2.45) is 0 Å². The van der Waals surface area contributed by atoms with Crippen LogP contribution in [-0.2, 0) is 11.2 Å². The topological polar surface area (TPSA) is 37.3 Å². The van der Waals surface area contributed by atoms with E-state index in [1.54, 1.807) is 12.1 Å². The van der Waals surface area contributed by atoms with Crippen molar-refractivity contribution in [3.63, 3.8) is 0 Å². The van der Waals surface area contributed by atoms with Crippen LogP contribution < -0.4 is 0 Å². The average molecular weight is 358 g/mol. The van der Waals surface area contributed by atoms with Gasteiger partial charge in [0.1, 0.15) is 5.75 Å². The number of aromatic hydroxyl groups is 1. The van der Waals surface area contributed by atoms with Crippen LogP contribution in [0.1, 0.15) is 49.8 Å². The zero-order valence-corrected chi connectivity index (χ0v) is 16.0. The number of ketones is 1. The Morgan fingerprint density at radius 2 is 1.63 bits per heavy atom. The third kappa shape index (κ3) is 4.28. The Balaban J connectivity index is 2.21. The van der Waals surface area contributed by atoms with Gasteiger partial charge in [-0.1, -0.05) is 69.2 Å². The summed E-state index contributed by atoms with van der Waals surface area (Å²) >= 11 is 0. The minimum atomic E-state index is 0.102. The predicted molar refractivity (Wildman–Crippen MR) is 112 cm³/mol. The van der Waals surface area contributed by atoms with Crippen molar-refractivity contribution in [3.8, 4) is 5.75 Å². The summed E-state index contributed by atoms with van der Waals surface area (Å²) in [6.07, 6.45) is 9.16. The first kappa shape index (κ1) is 18.9. The van der Waals surface area contributed by atoms with Gasteiger partial charge in [0.25, 0.3) is 0 Å². The molecule has 2 heteroatoms. The second kappa shape index (κ2) is 8.68. The Kier molecular flexibility index (Phi) is 6.08. The number of phenols is 1. The first-order valence-electron chi connectivity index (χ1n) is 9.69. The van der Waals surface area contributed by atoms with Gasteiger partial charge in [-0.3, -0.25) is 4.79 Å². The zero-order valence-electron chi connectivity index (χ0n) is 16.0. The van der Waals surface area contributed by atoms with E-state index in [9.17, 15) is 9.90 Å². The van der Waals surface area contributed by atoms with Gasteiger partial charge in [-0.25, -0.2) is 0 Å². The third-order valence-corrected chi connectivity index (χ3v) is 4.82. The van der Waals surface area contributed by atoms with E-state index in [-0.39, 0.29) is 5.78 Å². The number of benzene rings is 2. The first-order valence-corrected chi connectivity index (χ1v) is 9.69. The largest absolute Gasteiger partial charge is 0.508 e. The van der Waals surface area contributed by atoms with Crippen LogP contribution in [0, 0.1) is 0 Å². The number of carbonyl (C=O) groups is 1. The van der Waals surface area contributed by atoms with Crippen molar-refractivity contribution < 1.29 is 9.90 Å². The van der Waals surface area contributed by atoms with E-state index in [2.05, 4.69) is 32.0 Å². The van der Waals surface area contributed by atoms with E-state index >= 15 is 0 Å². The summed E-state index contributed by atoms with van der Waals surface area (Å²) in [5.41, 5.74) is 6.10. The van der Waals surface area contributed by atoms with E-state index in [4.69, 9.17) is 0 Å². The first-order chi connectivity index (χ1) is 13.1. The van der Waals surface area contributed by atoms with Gasteiger partial charge in [0.05, 0.1) is 0 Å². The summed E-state index contributed by atoms with van der Waals surface area (Å²) in [7, 11) is 0. The quantitative estimate of drug-likeness (QED) is 0.686. The van der Waals surface area contributed by atoms with Crippen LogP contribution in [0.5, 0.6) is 5.75 Å². The van der Waals surface area contributed by atoms with Crippen LogP contribution >= 0.6 is 0 Å². The van der Waals surface area contributed by atoms with Crippen molar-refractivity contribution in [1.29, 1.82) is 0 Å². The number of hydrogen-bond acceptors (Lipinski definition) is 2. The average Bonchev–Trinajstić information content (AvgIpc) is 2.68. The zero-order chi connectivity index (χ0) is 19.2. The minimum absolute atomic E-state index is 0.102. The molecule has 0 amide bonds. The maximum Gasteiger partial charge on any atom is 0.181 e. The number of phenolic OH excluding ortho intramolecular Hbond substituents is 1. The number of allylic oxidation sites excluding steroid dienone is 5. The molecule has 0 saturated carbocycles. The van der Waals surface area contributed by atoms with Gasteiger partial charge < -0.3 is 5.11 Å². The maximum atomic E-state index is 12.2. The molecule has 0 aliphatic heterocycles. The number of rotatable bonds is 6. The van der Waals surface area contributed by atoms with Crippen LogP contribution in [0.2, 0.25) is 0 Å². The highest BCUT2D eigenvalue weighted by molar-refractivity contribution is 6.07. The van der Waals surface area contributed by atoms with Crippen LogP contribution in [-0.4, -0.2) is 10.9 Å². The van der Waals surface area contributed by atoms with Gasteiger partial charge in [-0.15, -0.1) is 0 Å². The molecule has 0 aromatic heterocycles. The van der Waals surface area contributed by atoms with Crippen molar-refractivity contribution in [2.75, 3.05) is 0 Å². The Labute approximate surface area is 161 Å². The SMILES string of the molecule is CCCC1=C/C(=C(/c2ccccc2)c2ccc(O)c(CCC)c2)C=CC1=O. The van der Waals surface area contributed by atoms with Crippen molar-refractivity contribution in [2.45, 2.75) is 39.5 Å². The van der Waals surface area contributed by atoms with Crippen LogP contribution in [0.4, 0.5) is 0 Å². The van der Waals surface area contributed by atoms with Crippen molar-refractivity contribution >= 4 is 11.4 Å². The van der Waals surface area contributed by atoms with Gasteiger partial charge in [0.2, 0.25) is 0 Å². The van der Waals surface area contributed by atoms with E-state index in [1.165, 1.54) is 0 Å². The van der Waals surface area contributed by atoms with E-state index in [0.717, 1.165) is 59.1 Å². The molecule has 2 aromatic carbocycles. The van der Waals surface area contributed by atoms with E-state index in [1.807, 2.05) is 36.4 Å². The Morgan fingerprint density at radius 1 is 0.889 bits per heavy atom. The predicted octanol–water partition coefficient (Wildman–Crippen LogP) is 6.01. The van der Waals surface area contributed by atoms with Crippen LogP contribution in [0.3, 0.4) is 0 Å². The Morgan fingerprint density at radius 3 is 2.33 bits per heavy atom. The third-order valence-electron chi connectivity index (χ3n) is 4.82. The highest BCUT2D eigenvalue weighted by Crippen LogP contribution is 2.33. The van der Waals surface area contributed by atoms with Crippen molar-refractivity contribution in [3.05, 3.63) is 94.6 Å². The van der Waals surface area contributed by atoms with Crippen LogP contribution in [0.25, 0.3) is 5.57 Å². The van der Waals surface area contributed by atoms with Gasteiger partial charge >= 0.3 is 0 Å². The summed E-state index contributed by atoms with van der Waals surface area (Å²) in [6, 6.07) is 16.0. The smallest absolute Gasteiger partial charge is 0.181 e. The van der Waals surface area contributed by atoms with Crippen molar-refractivity contribution in [1.82, 2.24) is 0 Å². The second-order valence-electron chi connectivity index (χ2n) is 6.91. The molecular formula is C25H26O2. The lowest BCUT2D eigenvalue weighted by atomic mass is 9.87. The van der Waals surface area contributed by atoms with E-state index in [0.29, 0.717) is 5.75 Å². The summed E-state index contributed by atoms with van der Waals surface area (Å²) in [6.45, 7) is 4.20. The lowest BCUT2D eigenvalue weighted by Gasteiger charge is -2.17. The molecule has 0 heterocycles. The van der Waals surface area contributed by atoms with E-state index < -0.39 is 0 Å². The van der Waals surface area contributed by atoms with Gasteiger partial charge in [-0.05, 0) is 65.0 Å². The fraction of sp³-hybridized carbons (Fsp3) is 0.240. The molecule has 0 radical (unpaired) electrons. The molecule has 0 saturated heterocycles. The van der Waals surface area contributed by atoms with Crippen LogP contribution in [0.15, 0.2) is 77.9 Å². The highest BCUT2D eigenvalue weighted by atomic mass is 16.3. The van der Waals surface area contributed by atoms with Gasteiger partial charge in [-0.2, -0.15) is 0 Å². The Bertz CT molecular complexity index is 915. The molecule has 2 nitrogen and oxygen atoms in total. The minimum Gasteiger partial charge on any atom is -0.508 e. The highest BCUT2D eigenvalue weighted by Gasteiger charge is 2.16. The maximum absolute atomic E-state index is 12.2. The lowest BCUT2D eigenvalue weighted by molar-refractivity contribution is -0.111. The summed E-state index contributed by atoms with van der Waals surface area (Å²) in [5, 5.41) is 10.2. The fourth-order valence-electron chi connectivity index (χ4n) is 3.52. The summed E-state index contributed by atoms with van der Waals surface area (Å²) in [5.74, 6) is 0.444. The second-order valence-corrected chi connectivity index (χ2v) is 6.91. The molecule has 0 fully saturated rings. The molecular weight excluding hydrogens is 332 g/mol. The number of carbonyl (C=O) groups excluding carboxylic acids is 1. The summed E-state index contributed by atoms with van der Waals surface area (Å²) < 4.78 is 0. The number of aryl methyl sites for hydroxylation is 1. The van der Waals surface area contributed by atoms with Gasteiger partial charge in [0.15, 0.2) is 5.78 Å². The fourth-order valence-corrected chi connectivity index (χ4v) is 3.52. The molecule has 0 atom stereocenters. The Hall–Kier alpha value is -2.87. The molecule has 3 rings (SSSR count). The number of hydrogen-bond donors (Lipinski definition) is 1. The molecule has 1 aliphatic rings. The molecule has 0 bridgehead atoms. The summed E-state index contributed by atoms with van der Waals surface area (Å²) in [4.78, 5) is 12.2. The molecule has 0 unspecified atom stereocenters. The normalized spacial score (nSPS) is 15.6. The monoisotopic (exact) mass is 358 g/mol. The molecule has 27 heavy (non-hydrogen) atoms. The molecule has 138 valence electrons.